The lowest BCUT2D eigenvalue weighted by Crippen LogP contribution is -2.46. The van der Waals surface area contributed by atoms with Crippen molar-refractivity contribution in [2.75, 3.05) is 23.7 Å². The van der Waals surface area contributed by atoms with Gasteiger partial charge in [0.25, 0.3) is 5.91 Å². The number of nitrogens with zero attached hydrogens (tertiary/aromatic N) is 3. The van der Waals surface area contributed by atoms with Crippen LogP contribution in [0.25, 0.3) is 0 Å². The second-order valence-corrected chi connectivity index (χ2v) is 7.16. The van der Waals surface area contributed by atoms with Gasteiger partial charge in [-0.3, -0.25) is 14.8 Å². The lowest BCUT2D eigenvalue weighted by atomic mass is 9.94. The van der Waals surface area contributed by atoms with Crippen molar-refractivity contribution in [2.45, 2.75) is 25.4 Å². The number of urea groups is 1. The van der Waals surface area contributed by atoms with Gasteiger partial charge in [-0.05, 0) is 19.8 Å². The molecule has 156 valence electrons. The number of hydrogen-bond acceptors (Lipinski definition) is 4. The molecule has 0 bridgehead atoms. The van der Waals surface area contributed by atoms with E-state index in [4.69, 9.17) is 0 Å². The second-order valence-electron chi connectivity index (χ2n) is 7.16. The highest BCUT2D eigenvalue weighted by molar-refractivity contribution is 6.04. The van der Waals surface area contributed by atoms with Crippen molar-refractivity contribution in [1.29, 1.82) is 0 Å². The molecule has 1 aromatic carbocycles. The first-order valence-electron chi connectivity index (χ1n) is 8.84. The Morgan fingerprint density at radius 1 is 1.10 bits per heavy atom. The number of hydrogen-bond donors (Lipinski definition) is 3. The largest absolute Gasteiger partial charge is 0.390 e. The van der Waals surface area contributed by atoms with Gasteiger partial charge < -0.3 is 15.3 Å². The summed E-state index contributed by atoms with van der Waals surface area (Å²) >= 11 is 0. The van der Waals surface area contributed by atoms with Crippen LogP contribution in [0, 0.1) is 17.5 Å². The van der Waals surface area contributed by atoms with E-state index in [1.807, 2.05) is 0 Å². The van der Waals surface area contributed by atoms with E-state index in [-0.39, 0.29) is 17.2 Å². The fraction of sp³-hybridized carbons (Fsp3) is 0.389. The van der Waals surface area contributed by atoms with Gasteiger partial charge in [0.2, 0.25) is 0 Å². The number of amides is 3. The van der Waals surface area contributed by atoms with E-state index in [0.29, 0.717) is 38.1 Å². The quantitative estimate of drug-likeness (QED) is 0.676. The molecular weight excluding hydrogens is 391 g/mol. The Morgan fingerprint density at radius 2 is 1.69 bits per heavy atom. The van der Waals surface area contributed by atoms with Gasteiger partial charge in [-0.25, -0.2) is 18.0 Å². The van der Waals surface area contributed by atoms with E-state index in [1.165, 1.54) is 22.7 Å². The number of aryl methyl sites for hydroxylation is 1. The maximum absolute atomic E-state index is 13.3. The van der Waals surface area contributed by atoms with Crippen molar-refractivity contribution in [1.82, 2.24) is 14.7 Å². The summed E-state index contributed by atoms with van der Waals surface area (Å²) in [6.45, 7) is 2.46. The molecule has 29 heavy (non-hydrogen) atoms. The molecule has 2 heterocycles. The highest BCUT2D eigenvalue weighted by atomic mass is 19.2. The SMILES string of the molecule is Cn1nc(NC(=O)N2CCC(C)(O)CC2)cc1C(=O)Nc1cc(F)c(F)c(F)c1. The van der Waals surface area contributed by atoms with Crippen LogP contribution in [0.15, 0.2) is 18.2 Å². The predicted octanol–water partition coefficient (Wildman–Crippen LogP) is 2.47. The van der Waals surface area contributed by atoms with E-state index in [0.717, 1.165) is 0 Å². The zero-order chi connectivity index (χ0) is 21.3. The lowest BCUT2D eigenvalue weighted by Gasteiger charge is -2.35. The average Bonchev–Trinajstić information content (AvgIpc) is 2.99. The summed E-state index contributed by atoms with van der Waals surface area (Å²) in [4.78, 5) is 26.2. The van der Waals surface area contributed by atoms with Crippen LogP contribution in [-0.4, -0.2) is 50.4 Å². The predicted molar refractivity (Wildman–Crippen MR) is 97.9 cm³/mol. The molecule has 11 heteroatoms. The summed E-state index contributed by atoms with van der Waals surface area (Å²) < 4.78 is 40.8. The van der Waals surface area contributed by atoms with Crippen molar-refractivity contribution < 1.29 is 27.9 Å². The first-order valence-corrected chi connectivity index (χ1v) is 8.84. The Balaban J connectivity index is 1.67. The molecule has 3 N–H and O–H groups in total. The molecule has 1 aromatic heterocycles. The Labute approximate surface area is 164 Å². The van der Waals surface area contributed by atoms with Gasteiger partial charge in [-0.2, -0.15) is 5.10 Å². The molecule has 0 spiro atoms. The Morgan fingerprint density at radius 3 is 2.28 bits per heavy atom. The Kier molecular flexibility index (Phi) is 5.51. The summed E-state index contributed by atoms with van der Waals surface area (Å²) in [6.07, 6.45) is 0.891. The summed E-state index contributed by atoms with van der Waals surface area (Å²) in [5.41, 5.74) is -1.06. The minimum atomic E-state index is -1.63. The van der Waals surface area contributed by atoms with Crippen molar-refractivity contribution in [3.05, 3.63) is 41.3 Å². The number of likely N-dealkylation sites (tertiary alicyclic amines) is 1. The van der Waals surface area contributed by atoms with Crippen LogP contribution in [0.2, 0.25) is 0 Å². The summed E-state index contributed by atoms with van der Waals surface area (Å²) in [6, 6.07) is 2.18. The van der Waals surface area contributed by atoms with Gasteiger partial charge in [0.15, 0.2) is 23.3 Å². The number of rotatable bonds is 3. The van der Waals surface area contributed by atoms with Crippen molar-refractivity contribution in [3.63, 3.8) is 0 Å². The molecule has 1 aliphatic rings. The summed E-state index contributed by atoms with van der Waals surface area (Å²) in [7, 11) is 1.45. The molecule has 3 rings (SSSR count). The topological polar surface area (TPSA) is 99.5 Å². The van der Waals surface area contributed by atoms with Crippen LogP contribution in [0.4, 0.5) is 29.5 Å². The Hall–Kier alpha value is -3.08. The first-order chi connectivity index (χ1) is 13.6. The summed E-state index contributed by atoms with van der Waals surface area (Å²) in [5.74, 6) is -5.14. The van der Waals surface area contributed by atoms with Gasteiger partial charge in [0, 0.05) is 44.0 Å². The maximum Gasteiger partial charge on any atom is 0.323 e. The number of benzene rings is 1. The molecule has 8 nitrogen and oxygen atoms in total. The van der Waals surface area contributed by atoms with E-state index >= 15 is 0 Å². The molecular formula is C18H20F3N5O3. The zero-order valence-electron chi connectivity index (χ0n) is 15.8. The number of aliphatic hydroxyl groups is 1. The second kappa shape index (κ2) is 7.74. The lowest BCUT2D eigenvalue weighted by molar-refractivity contribution is 0.00569. The molecule has 0 saturated carbocycles. The van der Waals surface area contributed by atoms with E-state index in [1.54, 1.807) is 6.92 Å². The molecule has 1 aliphatic heterocycles. The van der Waals surface area contributed by atoms with Crippen LogP contribution >= 0.6 is 0 Å². The molecule has 0 atom stereocenters. The number of piperidine rings is 1. The number of halogens is 3. The van der Waals surface area contributed by atoms with Crippen LogP contribution in [0.3, 0.4) is 0 Å². The molecule has 0 unspecified atom stereocenters. The van der Waals surface area contributed by atoms with Crippen molar-refractivity contribution in [3.8, 4) is 0 Å². The fourth-order valence-electron chi connectivity index (χ4n) is 2.94. The molecule has 0 radical (unpaired) electrons. The van der Waals surface area contributed by atoms with Crippen LogP contribution in [0.5, 0.6) is 0 Å². The summed E-state index contributed by atoms with van der Waals surface area (Å²) in [5, 5.41) is 18.8. The molecule has 3 amide bonds. The zero-order valence-corrected chi connectivity index (χ0v) is 15.8. The number of carbonyl (C=O) groups is 2. The number of aromatic nitrogens is 2. The van der Waals surface area contributed by atoms with Crippen molar-refractivity contribution in [2.24, 2.45) is 7.05 Å². The van der Waals surface area contributed by atoms with E-state index in [2.05, 4.69) is 15.7 Å². The highest BCUT2D eigenvalue weighted by Gasteiger charge is 2.30. The normalized spacial score (nSPS) is 15.9. The third-order valence-corrected chi connectivity index (χ3v) is 4.72. The van der Waals surface area contributed by atoms with Crippen LogP contribution in [0.1, 0.15) is 30.3 Å². The minimum absolute atomic E-state index is 0.00650. The van der Waals surface area contributed by atoms with E-state index < -0.39 is 35.0 Å². The van der Waals surface area contributed by atoms with E-state index in [9.17, 15) is 27.9 Å². The molecule has 0 aliphatic carbocycles. The van der Waals surface area contributed by atoms with Gasteiger partial charge in [-0.1, -0.05) is 0 Å². The smallest absolute Gasteiger partial charge is 0.323 e. The number of anilines is 2. The number of nitrogens with one attached hydrogen (secondary N) is 2. The monoisotopic (exact) mass is 411 g/mol. The third kappa shape index (κ3) is 4.67. The molecule has 1 fully saturated rings. The Bertz CT molecular complexity index is 927. The first kappa shape index (κ1) is 20.6. The van der Waals surface area contributed by atoms with Crippen LogP contribution in [-0.2, 0) is 7.05 Å². The fourth-order valence-corrected chi connectivity index (χ4v) is 2.94. The van der Waals surface area contributed by atoms with Gasteiger partial charge >= 0.3 is 6.03 Å². The standard InChI is InChI=1S/C18H20F3N5O3/c1-18(29)3-5-26(6-4-18)17(28)23-14-9-13(25(2)24-14)16(27)22-10-7-11(19)15(21)12(20)8-10/h7-9,29H,3-6H2,1-2H3,(H,22,27)(H,23,24,28). The van der Waals surface area contributed by atoms with Crippen molar-refractivity contribution >= 4 is 23.4 Å². The molecule has 2 aromatic rings. The average molecular weight is 411 g/mol. The van der Waals surface area contributed by atoms with Gasteiger partial charge in [0.1, 0.15) is 5.69 Å². The highest BCUT2D eigenvalue weighted by Crippen LogP contribution is 2.22. The molecule has 1 saturated heterocycles. The maximum atomic E-state index is 13.3. The van der Waals surface area contributed by atoms with Gasteiger partial charge in [0.05, 0.1) is 5.60 Å². The minimum Gasteiger partial charge on any atom is -0.390 e. The van der Waals surface area contributed by atoms with Crippen LogP contribution < -0.4 is 10.6 Å². The number of carbonyl (C=O) groups excluding carboxylic acids is 2. The third-order valence-electron chi connectivity index (χ3n) is 4.72. The van der Waals surface area contributed by atoms with Gasteiger partial charge in [-0.15, -0.1) is 0 Å².